The molecule has 42 heavy (non-hydrogen) atoms. The summed E-state index contributed by atoms with van der Waals surface area (Å²) in [6.45, 7) is 3.34. The van der Waals surface area contributed by atoms with Gasteiger partial charge < -0.3 is 15.2 Å². The van der Waals surface area contributed by atoms with Crippen LogP contribution in [0.4, 0.5) is 0 Å². The minimum Gasteiger partial charge on any atom is -0.387 e. The van der Waals surface area contributed by atoms with Gasteiger partial charge in [-0.15, -0.1) is 0 Å². The van der Waals surface area contributed by atoms with Crippen molar-refractivity contribution in [3.8, 4) is 0 Å². The Balaban J connectivity index is 0.000000157. The minimum atomic E-state index is -0.653. The molecule has 4 aromatic rings. The van der Waals surface area contributed by atoms with Crippen LogP contribution in [0.5, 0.6) is 0 Å². The fraction of sp³-hybridized carbons (Fsp3) is 0.324. The average molecular weight is 561 g/mol. The van der Waals surface area contributed by atoms with Gasteiger partial charge in [-0.1, -0.05) is 121 Å². The Kier molecular flexibility index (Phi) is 8.92. The van der Waals surface area contributed by atoms with Crippen molar-refractivity contribution in [2.24, 2.45) is 5.92 Å². The Bertz CT molecular complexity index is 1320. The maximum atomic E-state index is 11.5. The summed E-state index contributed by atoms with van der Waals surface area (Å²) in [7, 11) is 0. The number of carbonyl (C=O) groups excluding carboxylic acids is 1. The van der Waals surface area contributed by atoms with Crippen molar-refractivity contribution in [1.82, 2.24) is 10.2 Å². The number of nitrogens with zero attached hydrogens (tertiary/aromatic N) is 1. The summed E-state index contributed by atoms with van der Waals surface area (Å²) in [6.07, 6.45) is 1.90. The number of benzene rings is 4. The van der Waals surface area contributed by atoms with Crippen LogP contribution in [0.1, 0.15) is 47.1 Å². The molecule has 3 saturated heterocycles. The predicted molar refractivity (Wildman–Crippen MR) is 166 cm³/mol. The predicted octanol–water partition coefficient (Wildman–Crippen LogP) is 5.61. The van der Waals surface area contributed by atoms with Crippen LogP contribution in [0.3, 0.4) is 0 Å². The normalized spacial score (nSPS) is 22.6. The van der Waals surface area contributed by atoms with Crippen LogP contribution in [0.2, 0.25) is 0 Å². The van der Waals surface area contributed by atoms with Gasteiger partial charge in [0.1, 0.15) is 0 Å². The van der Waals surface area contributed by atoms with Crippen LogP contribution in [0.25, 0.3) is 0 Å². The number of β-amino-alcohol motifs (C(OH)–C–C–N with tert-alkyl or cyclic N) is 1. The van der Waals surface area contributed by atoms with E-state index in [1.165, 1.54) is 22.3 Å². The molecule has 4 aromatic carbocycles. The zero-order chi connectivity index (χ0) is 28.8. The van der Waals surface area contributed by atoms with Gasteiger partial charge in [-0.2, -0.15) is 0 Å². The summed E-state index contributed by atoms with van der Waals surface area (Å²) in [4.78, 5) is 13.5. The lowest BCUT2D eigenvalue weighted by atomic mass is 9.65. The highest BCUT2D eigenvalue weighted by atomic mass is 16.5. The number of ether oxygens (including phenoxy) is 1. The number of ketones is 1. The first-order chi connectivity index (χ1) is 20.6. The van der Waals surface area contributed by atoms with Crippen molar-refractivity contribution in [3.63, 3.8) is 0 Å². The molecule has 5 heteroatoms. The Labute approximate surface area is 249 Å². The Hall–Kier alpha value is -3.61. The number of carbonyl (C=O) groups is 1. The second-order valence-corrected chi connectivity index (χ2v) is 11.7. The molecule has 0 spiro atoms. The topological polar surface area (TPSA) is 61.8 Å². The SMILES string of the molecule is O=C1CN(C(c2ccccc2)c2ccccc2)C1.OC1(C2CCOCC2)CNC1C(c1ccccc1)c1ccccc1. The third kappa shape index (κ3) is 6.11. The molecule has 2 unspecified atom stereocenters. The molecule has 0 radical (unpaired) electrons. The summed E-state index contributed by atoms with van der Waals surface area (Å²) >= 11 is 0. The summed E-state index contributed by atoms with van der Waals surface area (Å²) < 4.78 is 5.50. The number of rotatable bonds is 7. The van der Waals surface area contributed by atoms with Crippen LogP contribution in [0.15, 0.2) is 121 Å². The molecule has 0 amide bonds. The van der Waals surface area contributed by atoms with E-state index in [1.54, 1.807) is 0 Å². The molecule has 0 saturated carbocycles. The van der Waals surface area contributed by atoms with E-state index in [-0.39, 0.29) is 18.0 Å². The van der Waals surface area contributed by atoms with Gasteiger partial charge in [0.15, 0.2) is 5.78 Å². The molecule has 3 aliphatic rings. The van der Waals surface area contributed by atoms with E-state index in [9.17, 15) is 9.90 Å². The number of aliphatic hydroxyl groups is 1. The maximum absolute atomic E-state index is 11.5. The number of likely N-dealkylation sites (tertiary alicyclic amines) is 1. The van der Waals surface area contributed by atoms with Gasteiger partial charge in [-0.25, -0.2) is 0 Å². The van der Waals surface area contributed by atoms with Gasteiger partial charge >= 0.3 is 0 Å². The van der Waals surface area contributed by atoms with E-state index >= 15 is 0 Å². The highest BCUT2D eigenvalue weighted by Gasteiger charge is 2.54. The van der Waals surface area contributed by atoms with Crippen molar-refractivity contribution < 1.29 is 14.6 Å². The van der Waals surface area contributed by atoms with E-state index in [2.05, 4.69) is 83.0 Å². The maximum Gasteiger partial charge on any atom is 0.160 e. The van der Waals surface area contributed by atoms with Crippen molar-refractivity contribution in [2.75, 3.05) is 32.8 Å². The number of nitrogens with one attached hydrogen (secondary N) is 1. The Morgan fingerprint density at radius 2 is 1.12 bits per heavy atom. The smallest absolute Gasteiger partial charge is 0.160 e. The molecule has 216 valence electrons. The van der Waals surface area contributed by atoms with Gasteiger partial charge in [0.05, 0.1) is 24.7 Å². The van der Waals surface area contributed by atoms with Crippen LogP contribution in [0, 0.1) is 5.92 Å². The van der Waals surface area contributed by atoms with Crippen molar-refractivity contribution in [2.45, 2.75) is 36.4 Å². The summed E-state index contributed by atoms with van der Waals surface area (Å²) in [6, 6.07) is 42.1. The third-order valence-electron chi connectivity index (χ3n) is 9.08. The molecule has 0 aliphatic carbocycles. The minimum absolute atomic E-state index is 0.0467. The number of Topliss-reactive ketones (excluding diaryl/α,β-unsaturated/α-hetero) is 1. The molecular weight excluding hydrogens is 520 g/mol. The molecular formula is C37H40N2O3. The van der Waals surface area contributed by atoms with Gasteiger partial charge in [0, 0.05) is 31.7 Å². The molecule has 2 N–H and O–H groups in total. The molecule has 3 aliphatic heterocycles. The van der Waals surface area contributed by atoms with Gasteiger partial charge in [0.25, 0.3) is 0 Å². The molecule has 3 heterocycles. The van der Waals surface area contributed by atoms with Crippen molar-refractivity contribution in [1.29, 1.82) is 0 Å². The van der Waals surface area contributed by atoms with Gasteiger partial charge in [0.2, 0.25) is 0 Å². The first-order valence-electron chi connectivity index (χ1n) is 15.1. The molecule has 3 fully saturated rings. The zero-order valence-corrected chi connectivity index (χ0v) is 24.0. The van der Waals surface area contributed by atoms with Crippen molar-refractivity contribution in [3.05, 3.63) is 144 Å². The largest absolute Gasteiger partial charge is 0.387 e. The molecule has 7 rings (SSSR count). The van der Waals surface area contributed by atoms with E-state index in [0.29, 0.717) is 31.3 Å². The fourth-order valence-electron chi connectivity index (χ4n) is 6.80. The summed E-state index contributed by atoms with van der Waals surface area (Å²) in [5.74, 6) is 0.799. The summed E-state index contributed by atoms with van der Waals surface area (Å²) in [5.41, 5.74) is 4.35. The van der Waals surface area contributed by atoms with E-state index < -0.39 is 5.60 Å². The van der Waals surface area contributed by atoms with Gasteiger partial charge in [-0.05, 0) is 41.0 Å². The van der Waals surface area contributed by atoms with Crippen LogP contribution < -0.4 is 5.32 Å². The molecule has 0 aromatic heterocycles. The number of hydrogen-bond acceptors (Lipinski definition) is 5. The van der Waals surface area contributed by atoms with Crippen LogP contribution in [-0.4, -0.2) is 60.3 Å². The Morgan fingerprint density at radius 3 is 1.50 bits per heavy atom. The Morgan fingerprint density at radius 1 is 0.690 bits per heavy atom. The summed E-state index contributed by atoms with van der Waals surface area (Å²) in [5, 5.41) is 15.0. The quantitative estimate of drug-likeness (QED) is 0.308. The number of hydrogen-bond donors (Lipinski definition) is 2. The lowest BCUT2D eigenvalue weighted by Crippen LogP contribution is -2.73. The first kappa shape index (κ1) is 28.5. The first-order valence-corrected chi connectivity index (χ1v) is 15.1. The van der Waals surface area contributed by atoms with Crippen molar-refractivity contribution >= 4 is 5.78 Å². The average Bonchev–Trinajstić information content (AvgIpc) is 3.04. The molecule has 0 bridgehead atoms. The van der Waals surface area contributed by atoms with Crippen LogP contribution in [-0.2, 0) is 9.53 Å². The third-order valence-corrected chi connectivity index (χ3v) is 9.08. The highest BCUT2D eigenvalue weighted by Crippen LogP contribution is 2.43. The molecule has 5 nitrogen and oxygen atoms in total. The second-order valence-electron chi connectivity index (χ2n) is 11.7. The standard InChI is InChI=1S/C21H25NO2.C16H15NO/c23-21(18-11-13-24-14-12-18)15-22-20(21)19(16-7-3-1-4-8-16)17-9-5-2-6-10-17;18-15-11-17(12-15)16(13-7-3-1-4-8-13)14-9-5-2-6-10-14/h1-10,18-20,22-23H,11-15H2;1-10,16H,11-12H2. The van der Waals surface area contributed by atoms with E-state index in [1.807, 2.05) is 48.5 Å². The lowest BCUT2D eigenvalue weighted by Gasteiger charge is -2.55. The lowest BCUT2D eigenvalue weighted by molar-refractivity contribution is -0.133. The van der Waals surface area contributed by atoms with E-state index in [4.69, 9.17) is 4.74 Å². The zero-order valence-electron chi connectivity index (χ0n) is 24.0. The highest BCUT2D eigenvalue weighted by molar-refractivity contribution is 5.88. The molecule has 2 atom stereocenters. The van der Waals surface area contributed by atoms with Gasteiger partial charge in [-0.3, -0.25) is 9.69 Å². The monoisotopic (exact) mass is 560 g/mol. The fourth-order valence-corrected chi connectivity index (χ4v) is 6.80. The van der Waals surface area contributed by atoms with E-state index in [0.717, 1.165) is 26.1 Å². The second kappa shape index (κ2) is 13.1. The van der Waals surface area contributed by atoms with Crippen LogP contribution >= 0.6 is 0 Å².